The molecule has 33 heavy (non-hydrogen) atoms. The number of fused-ring (bicyclic) bond motifs is 1. The number of carbonyl (C=O) groups is 1. The molecule has 0 spiro atoms. The number of carbonyl (C=O) groups excluding carboxylic acids is 1. The first kappa shape index (κ1) is 23.4. The molecule has 4 rings (SSSR count). The average molecular weight is 534 g/mol. The maximum absolute atomic E-state index is 14.8. The van der Waals surface area contributed by atoms with Crippen LogP contribution in [-0.4, -0.2) is 53.3 Å². The number of nitrogens with zero attached hydrogens (tertiary/aromatic N) is 3. The summed E-state index contributed by atoms with van der Waals surface area (Å²) in [4.78, 5) is 17.5. The topological polar surface area (TPSA) is 56.1 Å². The highest BCUT2D eigenvalue weighted by Crippen LogP contribution is 2.35. The Morgan fingerprint density at radius 3 is 2.61 bits per heavy atom. The summed E-state index contributed by atoms with van der Waals surface area (Å²) >= 11 is 3.01. The second kappa shape index (κ2) is 8.90. The number of rotatable bonds is 3. The van der Waals surface area contributed by atoms with Crippen molar-refractivity contribution in [2.75, 3.05) is 26.8 Å². The largest absolute Gasteiger partial charge is 0.453 e. The third-order valence-corrected chi connectivity index (χ3v) is 5.75. The Kier molecular flexibility index (Phi) is 6.32. The first-order valence-electron chi connectivity index (χ1n) is 9.76. The summed E-state index contributed by atoms with van der Waals surface area (Å²) in [7, 11) is 1.24. The monoisotopic (exact) mass is 533 g/mol. The van der Waals surface area contributed by atoms with Gasteiger partial charge in [0.15, 0.2) is 0 Å². The normalized spacial score (nSPS) is 16.9. The summed E-state index contributed by atoms with van der Waals surface area (Å²) in [6.07, 6.45) is -4.58. The Morgan fingerprint density at radius 1 is 1.27 bits per heavy atom. The van der Waals surface area contributed by atoms with Crippen molar-refractivity contribution in [3.8, 4) is 11.3 Å². The molecule has 3 heterocycles. The first-order valence-corrected chi connectivity index (χ1v) is 10.6. The van der Waals surface area contributed by atoms with Crippen LogP contribution in [0.25, 0.3) is 16.9 Å². The van der Waals surface area contributed by atoms with Gasteiger partial charge in [-0.15, -0.1) is 0 Å². The average Bonchev–Trinajstić information content (AvgIpc) is 3.09. The Hall–Kier alpha value is -2.73. The van der Waals surface area contributed by atoms with E-state index >= 15 is 0 Å². The summed E-state index contributed by atoms with van der Waals surface area (Å²) in [6, 6.07) is 3.76. The number of pyridine rings is 1. The summed E-state index contributed by atoms with van der Waals surface area (Å²) in [5, 5.41) is 0. The fourth-order valence-electron chi connectivity index (χ4n) is 3.79. The molecule has 12 heteroatoms. The lowest BCUT2D eigenvalue weighted by Gasteiger charge is -2.32. The fraction of sp³-hybridized carbons (Fsp3) is 0.333. The molecule has 1 saturated heterocycles. The third kappa shape index (κ3) is 4.67. The van der Waals surface area contributed by atoms with Crippen molar-refractivity contribution in [2.24, 2.45) is 0 Å². The van der Waals surface area contributed by atoms with E-state index in [2.05, 4.69) is 20.9 Å². The molecular weight excluding hydrogens is 517 g/mol. The number of ether oxygens (including phenoxy) is 2. The van der Waals surface area contributed by atoms with Gasteiger partial charge in [-0.3, -0.25) is 0 Å². The number of hydrogen-bond acceptors (Lipinski definition) is 4. The predicted molar refractivity (Wildman–Crippen MR) is 111 cm³/mol. The summed E-state index contributed by atoms with van der Waals surface area (Å²) in [6.45, 7) is 0.629. The van der Waals surface area contributed by atoms with Gasteiger partial charge in [-0.25, -0.2) is 18.6 Å². The van der Waals surface area contributed by atoms with E-state index in [0.717, 1.165) is 30.5 Å². The van der Waals surface area contributed by atoms with Gasteiger partial charge in [0, 0.05) is 23.6 Å². The van der Waals surface area contributed by atoms with Crippen LogP contribution >= 0.6 is 15.9 Å². The highest BCUT2D eigenvalue weighted by molar-refractivity contribution is 9.10. The Labute approximate surface area is 193 Å². The van der Waals surface area contributed by atoms with E-state index in [-0.39, 0.29) is 41.1 Å². The summed E-state index contributed by atoms with van der Waals surface area (Å²) in [5.74, 6) is -1.85. The van der Waals surface area contributed by atoms with Gasteiger partial charge in [0.05, 0.1) is 48.9 Å². The Balaban J connectivity index is 1.83. The second-order valence-corrected chi connectivity index (χ2v) is 8.32. The second-order valence-electron chi connectivity index (χ2n) is 7.41. The highest BCUT2D eigenvalue weighted by atomic mass is 79.9. The number of aromatic nitrogens is 2. The van der Waals surface area contributed by atoms with E-state index in [1.54, 1.807) is 0 Å². The van der Waals surface area contributed by atoms with E-state index in [4.69, 9.17) is 9.47 Å². The van der Waals surface area contributed by atoms with Gasteiger partial charge in [0.25, 0.3) is 0 Å². The smallest absolute Gasteiger partial charge is 0.416 e. The standard InChI is InChI=1S/C21H17BrF5N3O3/c1-32-20(31)29-4-5-33-13(10-29)9-16-19(18-14(23)7-12(22)8-15(18)24)28-17-6-11(21(25,26)27)2-3-30(16)17/h2-3,6-8,13H,4-5,9-10H2,1H3. The molecule has 0 N–H and O–H groups in total. The summed E-state index contributed by atoms with van der Waals surface area (Å²) < 4.78 is 81.1. The number of benzene rings is 1. The van der Waals surface area contributed by atoms with E-state index in [0.29, 0.717) is 6.54 Å². The lowest BCUT2D eigenvalue weighted by molar-refractivity contribution is -0.137. The van der Waals surface area contributed by atoms with Crippen LogP contribution in [0.3, 0.4) is 0 Å². The minimum atomic E-state index is -4.62. The lowest BCUT2D eigenvalue weighted by Crippen LogP contribution is -2.46. The fourth-order valence-corrected chi connectivity index (χ4v) is 4.19. The molecule has 0 bridgehead atoms. The van der Waals surface area contributed by atoms with Crippen LogP contribution in [0.15, 0.2) is 34.9 Å². The highest BCUT2D eigenvalue weighted by Gasteiger charge is 2.33. The minimum Gasteiger partial charge on any atom is -0.453 e. The number of methoxy groups -OCH3 is 1. The molecule has 176 valence electrons. The van der Waals surface area contributed by atoms with Crippen LogP contribution in [0.1, 0.15) is 11.3 Å². The van der Waals surface area contributed by atoms with Gasteiger partial charge in [0.2, 0.25) is 0 Å². The van der Waals surface area contributed by atoms with Gasteiger partial charge >= 0.3 is 12.3 Å². The van der Waals surface area contributed by atoms with Crippen molar-refractivity contribution in [1.29, 1.82) is 0 Å². The maximum atomic E-state index is 14.8. The molecule has 0 radical (unpaired) electrons. The maximum Gasteiger partial charge on any atom is 0.416 e. The number of halogens is 6. The van der Waals surface area contributed by atoms with Crippen molar-refractivity contribution in [1.82, 2.24) is 14.3 Å². The van der Waals surface area contributed by atoms with Crippen LogP contribution in [0.2, 0.25) is 0 Å². The zero-order chi connectivity index (χ0) is 23.9. The molecule has 2 aromatic heterocycles. The SMILES string of the molecule is COC(=O)N1CCOC(Cc2c(-c3c(F)cc(Br)cc3F)nc3cc(C(F)(F)F)ccn23)C1. The third-order valence-electron chi connectivity index (χ3n) is 5.29. The van der Waals surface area contributed by atoms with Crippen LogP contribution in [0.4, 0.5) is 26.7 Å². The van der Waals surface area contributed by atoms with Gasteiger partial charge in [-0.05, 0) is 24.3 Å². The number of amides is 1. The van der Waals surface area contributed by atoms with Crippen molar-refractivity contribution in [3.63, 3.8) is 0 Å². The van der Waals surface area contributed by atoms with Crippen LogP contribution in [-0.2, 0) is 22.1 Å². The Morgan fingerprint density at radius 2 is 1.97 bits per heavy atom. The van der Waals surface area contributed by atoms with E-state index in [1.807, 2.05) is 0 Å². The molecule has 3 aromatic rings. The molecule has 0 aliphatic carbocycles. The predicted octanol–water partition coefficient (Wildman–Crippen LogP) is 5.07. The van der Waals surface area contributed by atoms with Crippen LogP contribution in [0.5, 0.6) is 0 Å². The van der Waals surface area contributed by atoms with Gasteiger partial charge < -0.3 is 18.8 Å². The van der Waals surface area contributed by atoms with Crippen molar-refractivity contribution >= 4 is 27.7 Å². The molecule has 1 aliphatic heterocycles. The number of imidazole rings is 1. The first-order chi connectivity index (χ1) is 15.6. The lowest BCUT2D eigenvalue weighted by atomic mass is 10.0. The van der Waals surface area contributed by atoms with E-state index in [1.165, 1.54) is 16.4 Å². The van der Waals surface area contributed by atoms with Gasteiger partial charge in [-0.2, -0.15) is 13.2 Å². The molecule has 1 fully saturated rings. The van der Waals surface area contributed by atoms with Gasteiger partial charge in [-0.1, -0.05) is 15.9 Å². The zero-order valence-electron chi connectivity index (χ0n) is 17.1. The van der Waals surface area contributed by atoms with Crippen molar-refractivity contribution < 1.29 is 36.2 Å². The van der Waals surface area contributed by atoms with Crippen LogP contribution in [0, 0.1) is 11.6 Å². The minimum absolute atomic E-state index is 0.0320. The van der Waals surface area contributed by atoms with E-state index < -0.39 is 41.1 Å². The quantitative estimate of drug-likeness (QED) is 0.441. The molecule has 1 atom stereocenters. The molecule has 1 aromatic carbocycles. The van der Waals surface area contributed by atoms with Crippen LogP contribution < -0.4 is 0 Å². The molecule has 1 aliphatic rings. The number of hydrogen-bond donors (Lipinski definition) is 0. The zero-order valence-corrected chi connectivity index (χ0v) is 18.7. The van der Waals surface area contributed by atoms with Crippen molar-refractivity contribution in [3.05, 3.63) is 57.8 Å². The molecule has 6 nitrogen and oxygen atoms in total. The summed E-state index contributed by atoms with van der Waals surface area (Å²) in [5.41, 5.74) is -1.44. The molecule has 1 unspecified atom stereocenters. The Bertz CT molecular complexity index is 1190. The molecule has 0 saturated carbocycles. The number of alkyl halides is 3. The van der Waals surface area contributed by atoms with E-state index in [9.17, 15) is 26.7 Å². The molecular formula is C21H17BrF5N3O3. The number of morpholine rings is 1. The van der Waals surface area contributed by atoms with Crippen molar-refractivity contribution in [2.45, 2.75) is 18.7 Å². The van der Waals surface area contributed by atoms with Gasteiger partial charge in [0.1, 0.15) is 17.3 Å². The molecule has 1 amide bonds.